The van der Waals surface area contributed by atoms with Crippen molar-refractivity contribution in [3.8, 4) is 17.1 Å². The Balaban J connectivity index is 1.69. The van der Waals surface area contributed by atoms with Crippen molar-refractivity contribution in [1.29, 1.82) is 0 Å². The van der Waals surface area contributed by atoms with Gasteiger partial charge in [-0.3, -0.25) is 0 Å². The molecule has 1 aliphatic rings. The second kappa shape index (κ2) is 14.4. The fraction of sp³-hybridized carbons (Fsp3) is 0.429. The van der Waals surface area contributed by atoms with E-state index in [2.05, 4.69) is 25.3 Å². The number of nitrogens with zero attached hydrogens (tertiary/aromatic N) is 7. The van der Waals surface area contributed by atoms with Crippen molar-refractivity contribution in [1.82, 2.24) is 25.1 Å². The molecule has 3 heterocycles. The Labute approximate surface area is 238 Å². The number of likely N-dealkylation sites (N-methyl/N-ethyl adjacent to an activating group) is 1. The zero-order valence-corrected chi connectivity index (χ0v) is 23.7. The summed E-state index contributed by atoms with van der Waals surface area (Å²) in [6, 6.07) is 9.45. The molecule has 13 heteroatoms. The van der Waals surface area contributed by atoms with E-state index in [1.54, 1.807) is 26.3 Å². The van der Waals surface area contributed by atoms with Gasteiger partial charge in [-0.1, -0.05) is 12.1 Å². The number of rotatable bonds is 12. The number of benzene rings is 1. The zero-order valence-electron chi connectivity index (χ0n) is 23.7. The molecule has 0 bridgehead atoms. The Morgan fingerprint density at radius 2 is 2.10 bits per heavy atom. The monoisotopic (exact) mass is 564 g/mol. The maximum Gasteiger partial charge on any atom is 0.343 e. The Morgan fingerprint density at radius 3 is 2.83 bits per heavy atom. The Kier molecular flexibility index (Phi) is 10.5. The second-order valence-electron chi connectivity index (χ2n) is 9.36. The number of aromatic nitrogens is 4. The minimum Gasteiger partial charge on any atom is -0.491 e. The Bertz CT molecular complexity index is 1370. The summed E-state index contributed by atoms with van der Waals surface area (Å²) in [6.07, 6.45) is 5.52. The van der Waals surface area contributed by atoms with Crippen LogP contribution in [-0.2, 0) is 9.47 Å². The molecule has 1 fully saturated rings. The highest BCUT2D eigenvalue weighted by Crippen LogP contribution is 2.28. The number of aliphatic imine (C=N–C) groups is 2. The lowest BCUT2D eigenvalue weighted by Gasteiger charge is -2.32. The average molecular weight is 565 g/mol. The van der Waals surface area contributed by atoms with Gasteiger partial charge < -0.3 is 29.5 Å². The lowest BCUT2D eigenvalue weighted by atomic mass is 10.1. The molecular weight excluding hydrogens is 528 g/mol. The smallest absolute Gasteiger partial charge is 0.343 e. The summed E-state index contributed by atoms with van der Waals surface area (Å²) in [5, 5.41) is 17.2. The van der Waals surface area contributed by atoms with Crippen LogP contribution in [0.1, 0.15) is 30.1 Å². The molecule has 0 radical (unpaired) electrons. The molecule has 0 amide bonds. The number of nitrogens with one attached hydrogen (secondary N) is 1. The molecule has 218 valence electrons. The summed E-state index contributed by atoms with van der Waals surface area (Å²) in [5.74, 6) is 1.88. The number of methoxy groups -OCH3 is 1. The molecule has 0 spiro atoms. The van der Waals surface area contributed by atoms with E-state index in [1.165, 1.54) is 24.3 Å². The molecule has 1 unspecified atom stereocenters. The number of ether oxygens (including phenoxy) is 3. The standard InChI is InChI=1S/C28H36N8O5/c1-5-30-27-23(28(38)39-4)16-32-36(27)18-31-24-14-25(35(3)20-9-11-40-12-10-20)34-26(33-24)19-7-6-8-22(13-19)41-17-21(37)15-29-2/h5-8,13-14,16,18,20-21,29,37H,9-12,15,17H2,1-4H3/b30-5-,31-18+. The van der Waals surface area contributed by atoms with Crippen LogP contribution in [0.15, 0.2) is 46.5 Å². The lowest BCUT2D eigenvalue weighted by molar-refractivity contribution is 0.0601. The SMILES string of the molecule is C/C=N\c1c(C(=O)OC)cnn1/C=N/c1cc(N(C)C2CCOCC2)nc(-c2cccc(OCC(O)CNC)c2)n1. The number of anilines is 1. The molecule has 1 aromatic carbocycles. The van der Waals surface area contributed by atoms with Crippen molar-refractivity contribution in [2.75, 3.05) is 52.5 Å². The molecule has 41 heavy (non-hydrogen) atoms. The quantitative estimate of drug-likeness (QED) is 0.191. The number of aliphatic hydroxyl groups excluding tert-OH is 1. The van der Waals surface area contributed by atoms with Crippen molar-refractivity contribution < 1.29 is 24.1 Å². The zero-order chi connectivity index (χ0) is 29.2. The van der Waals surface area contributed by atoms with Gasteiger partial charge in [-0.05, 0) is 38.9 Å². The highest BCUT2D eigenvalue weighted by atomic mass is 16.5. The number of esters is 1. The molecule has 2 aromatic heterocycles. The molecule has 1 atom stereocenters. The first-order chi connectivity index (χ1) is 19.9. The molecule has 2 N–H and O–H groups in total. The van der Waals surface area contributed by atoms with E-state index in [9.17, 15) is 9.90 Å². The van der Waals surface area contributed by atoms with Gasteiger partial charge in [0.1, 0.15) is 36.2 Å². The van der Waals surface area contributed by atoms with Crippen LogP contribution in [-0.4, -0.2) is 103 Å². The molecule has 0 saturated carbocycles. The van der Waals surface area contributed by atoms with Crippen LogP contribution in [0.25, 0.3) is 11.4 Å². The van der Waals surface area contributed by atoms with Gasteiger partial charge in [0.25, 0.3) is 0 Å². The van der Waals surface area contributed by atoms with Gasteiger partial charge in [0, 0.05) is 50.7 Å². The summed E-state index contributed by atoms with van der Waals surface area (Å²) in [7, 11) is 5.08. The largest absolute Gasteiger partial charge is 0.491 e. The molecule has 1 aliphatic heterocycles. The normalized spacial score (nSPS) is 15.0. The summed E-state index contributed by atoms with van der Waals surface area (Å²) < 4.78 is 17.6. The number of aliphatic hydroxyl groups is 1. The Morgan fingerprint density at radius 1 is 1.29 bits per heavy atom. The van der Waals surface area contributed by atoms with Crippen LogP contribution >= 0.6 is 0 Å². The topological polar surface area (TPSA) is 149 Å². The molecule has 0 aliphatic carbocycles. The first-order valence-electron chi connectivity index (χ1n) is 13.4. The van der Waals surface area contributed by atoms with Gasteiger partial charge in [-0.15, -0.1) is 0 Å². The van der Waals surface area contributed by atoms with Crippen LogP contribution < -0.4 is 15.0 Å². The van der Waals surface area contributed by atoms with Crippen molar-refractivity contribution >= 4 is 36.0 Å². The molecule has 4 rings (SSSR count). The van der Waals surface area contributed by atoms with Crippen LogP contribution in [0.4, 0.5) is 17.5 Å². The summed E-state index contributed by atoms with van der Waals surface area (Å²) >= 11 is 0. The highest BCUT2D eigenvalue weighted by Gasteiger charge is 2.22. The van der Waals surface area contributed by atoms with E-state index in [0.29, 0.717) is 48.8 Å². The number of hydrogen-bond donors (Lipinski definition) is 2. The lowest BCUT2D eigenvalue weighted by Crippen LogP contribution is -2.37. The third kappa shape index (κ3) is 7.72. The van der Waals surface area contributed by atoms with Gasteiger partial charge in [0.05, 0.1) is 13.3 Å². The summed E-state index contributed by atoms with van der Waals surface area (Å²) in [5.41, 5.74) is 0.949. The third-order valence-electron chi connectivity index (χ3n) is 6.50. The average Bonchev–Trinajstić information content (AvgIpc) is 3.41. The maximum atomic E-state index is 12.2. The minimum absolute atomic E-state index is 0.146. The first kappa shape index (κ1) is 29.8. The number of carbonyl (C=O) groups is 1. The van der Waals surface area contributed by atoms with Crippen molar-refractivity contribution in [2.24, 2.45) is 9.98 Å². The van der Waals surface area contributed by atoms with E-state index in [0.717, 1.165) is 18.4 Å². The fourth-order valence-electron chi connectivity index (χ4n) is 4.33. The van der Waals surface area contributed by atoms with E-state index in [4.69, 9.17) is 24.2 Å². The third-order valence-corrected chi connectivity index (χ3v) is 6.50. The predicted molar refractivity (Wildman–Crippen MR) is 156 cm³/mol. The molecule has 13 nitrogen and oxygen atoms in total. The van der Waals surface area contributed by atoms with Gasteiger partial charge in [-0.25, -0.2) is 29.4 Å². The fourth-order valence-corrected chi connectivity index (χ4v) is 4.33. The maximum absolute atomic E-state index is 12.2. The molecule has 3 aromatic rings. The summed E-state index contributed by atoms with van der Waals surface area (Å²) in [4.78, 5) is 32.7. The minimum atomic E-state index is -0.638. The number of hydrogen-bond acceptors (Lipinski definition) is 12. The molecule has 1 saturated heterocycles. The van der Waals surface area contributed by atoms with Crippen molar-refractivity contribution in [3.63, 3.8) is 0 Å². The molecular formula is C28H36N8O5. The van der Waals surface area contributed by atoms with E-state index >= 15 is 0 Å². The van der Waals surface area contributed by atoms with E-state index < -0.39 is 12.1 Å². The van der Waals surface area contributed by atoms with E-state index in [-0.39, 0.29) is 18.2 Å². The van der Waals surface area contributed by atoms with Gasteiger partial charge in [0.2, 0.25) is 0 Å². The first-order valence-corrected chi connectivity index (χ1v) is 13.4. The summed E-state index contributed by atoms with van der Waals surface area (Å²) in [6.45, 7) is 3.70. The van der Waals surface area contributed by atoms with E-state index in [1.807, 2.05) is 31.3 Å². The Hall–Kier alpha value is -4.20. The van der Waals surface area contributed by atoms with Crippen LogP contribution in [0.2, 0.25) is 0 Å². The van der Waals surface area contributed by atoms with Gasteiger partial charge in [0.15, 0.2) is 17.5 Å². The second-order valence-corrected chi connectivity index (χ2v) is 9.36. The van der Waals surface area contributed by atoms with Gasteiger partial charge in [-0.2, -0.15) is 5.10 Å². The van der Waals surface area contributed by atoms with Crippen molar-refractivity contribution in [2.45, 2.75) is 31.9 Å². The van der Waals surface area contributed by atoms with Crippen molar-refractivity contribution in [3.05, 3.63) is 42.1 Å². The van der Waals surface area contributed by atoms with Crippen LogP contribution in [0, 0.1) is 0 Å². The van der Waals surface area contributed by atoms with Gasteiger partial charge >= 0.3 is 5.97 Å². The highest BCUT2D eigenvalue weighted by molar-refractivity contribution is 5.95. The van der Waals surface area contributed by atoms with Crippen LogP contribution in [0.5, 0.6) is 5.75 Å². The predicted octanol–water partition coefficient (Wildman–Crippen LogP) is 2.63. The number of carbonyl (C=O) groups excluding carboxylic acids is 1. The van der Waals surface area contributed by atoms with Crippen LogP contribution in [0.3, 0.4) is 0 Å².